The molecule has 21 heavy (non-hydrogen) atoms. The highest BCUT2D eigenvalue weighted by atomic mass is 31.2. The average molecular weight is 326 g/mol. The van der Waals surface area contributed by atoms with Crippen molar-refractivity contribution >= 4 is 7.82 Å². The van der Waals surface area contributed by atoms with Crippen LogP contribution in [0.1, 0.15) is 6.23 Å². The number of aromatic amines is 1. The molecule has 0 aromatic carbocycles. The first-order valence-electron chi connectivity index (χ1n) is 5.69. The number of hydrogen-bond donors (Lipinski definition) is 4. The summed E-state index contributed by atoms with van der Waals surface area (Å²) in [5.41, 5.74) is -1.67. The molecule has 1 aliphatic rings. The fraction of sp³-hybridized carbons (Fsp3) is 0.556. The van der Waals surface area contributed by atoms with Crippen LogP contribution in [0.5, 0.6) is 0 Å². The molecule has 0 bridgehead atoms. The summed E-state index contributed by atoms with van der Waals surface area (Å²) in [6, 6.07) is 0.947. The van der Waals surface area contributed by atoms with Gasteiger partial charge >= 0.3 is 13.5 Å². The van der Waals surface area contributed by atoms with Gasteiger partial charge < -0.3 is 19.6 Å². The Balaban J connectivity index is 2.33. The number of nitrogens with zero attached hydrogens (tertiary/aromatic N) is 1. The largest absolute Gasteiger partial charge is 0.470 e. The van der Waals surface area contributed by atoms with Crippen LogP contribution in [-0.2, 0) is 13.8 Å². The Morgan fingerprint density at radius 1 is 1.48 bits per heavy atom. The number of H-pyrrole nitrogens is 1. The fourth-order valence-corrected chi connectivity index (χ4v) is 2.55. The molecule has 118 valence electrons. The van der Waals surface area contributed by atoms with Crippen LogP contribution in [-0.4, -0.2) is 49.4 Å². The summed E-state index contributed by atoms with van der Waals surface area (Å²) in [6.45, 7) is -0.778. The first-order chi connectivity index (χ1) is 9.73. The third kappa shape index (κ3) is 3.46. The monoisotopic (exact) mass is 326 g/mol. The van der Waals surface area contributed by atoms with E-state index in [1.165, 1.54) is 0 Å². The highest BCUT2D eigenvalue weighted by Crippen LogP contribution is 2.44. The quantitative estimate of drug-likeness (QED) is 0.475. The fourth-order valence-electron chi connectivity index (χ4n) is 1.98. The number of aromatic nitrogens is 2. The highest BCUT2D eigenvalue weighted by Gasteiger charge is 2.49. The van der Waals surface area contributed by atoms with Gasteiger partial charge in [-0.1, -0.05) is 0 Å². The van der Waals surface area contributed by atoms with Crippen LogP contribution < -0.4 is 11.2 Å². The lowest BCUT2D eigenvalue weighted by atomic mass is 10.1. The van der Waals surface area contributed by atoms with Gasteiger partial charge in [-0.2, -0.15) is 0 Å². The number of rotatable bonds is 4. The molecule has 0 aliphatic carbocycles. The summed E-state index contributed by atoms with van der Waals surface area (Å²) in [5, 5.41) is 9.06. The Labute approximate surface area is 116 Å². The maximum absolute atomic E-state index is 14.2. The molecule has 1 aliphatic heterocycles. The second-order valence-corrected chi connectivity index (χ2v) is 5.46. The number of halogens is 1. The summed E-state index contributed by atoms with van der Waals surface area (Å²) in [4.78, 5) is 41.8. The highest BCUT2D eigenvalue weighted by molar-refractivity contribution is 7.46. The molecule has 12 heteroatoms. The number of phosphoric ester groups is 1. The first kappa shape index (κ1) is 16.0. The van der Waals surface area contributed by atoms with Crippen LogP contribution in [0.2, 0.25) is 0 Å². The van der Waals surface area contributed by atoms with Crippen LogP contribution in [0.25, 0.3) is 0 Å². The molecule has 2 heterocycles. The van der Waals surface area contributed by atoms with E-state index in [4.69, 9.17) is 19.6 Å². The zero-order chi connectivity index (χ0) is 15.8. The molecule has 0 saturated carbocycles. The maximum atomic E-state index is 14.2. The van der Waals surface area contributed by atoms with Crippen LogP contribution in [0.3, 0.4) is 0 Å². The summed E-state index contributed by atoms with van der Waals surface area (Å²) < 4.78 is 35.0. The normalized spacial score (nSPS) is 29.7. The Kier molecular flexibility index (Phi) is 4.42. The van der Waals surface area contributed by atoms with E-state index in [9.17, 15) is 18.5 Å². The SMILES string of the molecule is O=c1ccn([C@H]2O[C@@H](CO)[C@H](OP(=O)(O)O)[C@@H]2F)c(=O)[nH]1. The van der Waals surface area contributed by atoms with Gasteiger partial charge in [-0.25, -0.2) is 13.8 Å². The molecule has 1 aromatic heterocycles. The number of phosphoric acid groups is 1. The Hall–Kier alpha value is -1.36. The minimum atomic E-state index is -5.02. The van der Waals surface area contributed by atoms with Gasteiger partial charge in [0.2, 0.25) is 0 Å². The molecule has 10 nitrogen and oxygen atoms in total. The van der Waals surface area contributed by atoms with E-state index in [2.05, 4.69) is 4.52 Å². The molecule has 1 saturated heterocycles. The van der Waals surface area contributed by atoms with Crippen molar-refractivity contribution < 1.29 is 33.1 Å². The Bertz CT molecular complexity index is 668. The van der Waals surface area contributed by atoms with Gasteiger partial charge in [-0.15, -0.1) is 0 Å². The van der Waals surface area contributed by atoms with Crippen molar-refractivity contribution in [3.63, 3.8) is 0 Å². The number of hydrogen-bond acceptors (Lipinski definition) is 6. The minimum Gasteiger partial charge on any atom is -0.394 e. The summed E-state index contributed by atoms with van der Waals surface area (Å²) in [5.74, 6) is 0. The zero-order valence-electron chi connectivity index (χ0n) is 10.3. The number of aliphatic hydroxyl groups excluding tert-OH is 1. The predicted octanol–water partition coefficient (Wildman–Crippen LogP) is -1.76. The minimum absolute atomic E-state index is 0.692. The number of alkyl halides is 1. The van der Waals surface area contributed by atoms with Crippen LogP contribution in [0, 0.1) is 0 Å². The van der Waals surface area contributed by atoms with E-state index < -0.39 is 50.3 Å². The van der Waals surface area contributed by atoms with E-state index in [0.29, 0.717) is 4.57 Å². The molecular formula is C9H12FN2O8P. The standard InChI is InChI=1S/C9H12FN2O8P/c10-6-7(20-21(16,17)18)4(3-13)19-8(6)12-2-1-5(14)11-9(12)15/h1-2,4,6-8,13H,3H2,(H,11,14,15)(H2,16,17,18)/t4-,6-,7-,8-/m0/s1. The van der Waals surface area contributed by atoms with Crippen molar-refractivity contribution in [2.45, 2.75) is 24.6 Å². The average Bonchev–Trinajstić information content (AvgIpc) is 2.65. The van der Waals surface area contributed by atoms with Crippen molar-refractivity contribution in [1.82, 2.24) is 9.55 Å². The summed E-state index contributed by atoms with van der Waals surface area (Å²) in [7, 11) is -5.02. The smallest absolute Gasteiger partial charge is 0.394 e. The van der Waals surface area contributed by atoms with Crippen molar-refractivity contribution in [1.29, 1.82) is 0 Å². The lowest BCUT2D eigenvalue weighted by Crippen LogP contribution is -2.36. The van der Waals surface area contributed by atoms with Gasteiger partial charge in [-0.05, 0) is 0 Å². The number of nitrogens with one attached hydrogen (secondary N) is 1. The second kappa shape index (κ2) is 5.79. The van der Waals surface area contributed by atoms with E-state index in [-0.39, 0.29) is 0 Å². The van der Waals surface area contributed by atoms with Gasteiger partial charge in [0.1, 0.15) is 12.2 Å². The van der Waals surface area contributed by atoms with E-state index in [0.717, 1.165) is 12.3 Å². The first-order valence-corrected chi connectivity index (χ1v) is 7.22. The van der Waals surface area contributed by atoms with Crippen molar-refractivity contribution in [2.24, 2.45) is 0 Å². The van der Waals surface area contributed by atoms with Gasteiger partial charge in [0.05, 0.1) is 6.61 Å². The van der Waals surface area contributed by atoms with Crippen molar-refractivity contribution in [3.05, 3.63) is 33.1 Å². The molecule has 0 unspecified atom stereocenters. The van der Waals surface area contributed by atoms with Crippen LogP contribution in [0.15, 0.2) is 21.9 Å². The van der Waals surface area contributed by atoms with Crippen LogP contribution >= 0.6 is 7.82 Å². The van der Waals surface area contributed by atoms with Gasteiger partial charge in [0.25, 0.3) is 5.56 Å². The lowest BCUT2D eigenvalue weighted by Gasteiger charge is -2.18. The van der Waals surface area contributed by atoms with E-state index >= 15 is 0 Å². The Morgan fingerprint density at radius 2 is 2.14 bits per heavy atom. The van der Waals surface area contributed by atoms with Crippen molar-refractivity contribution in [3.8, 4) is 0 Å². The van der Waals surface area contributed by atoms with Crippen LogP contribution in [0.4, 0.5) is 4.39 Å². The van der Waals surface area contributed by atoms with Gasteiger partial charge in [-0.3, -0.25) is 18.9 Å². The molecule has 0 radical (unpaired) electrons. The van der Waals surface area contributed by atoms with Gasteiger partial charge in [0.15, 0.2) is 12.4 Å². The van der Waals surface area contributed by atoms with E-state index in [1.807, 2.05) is 4.98 Å². The second-order valence-electron chi connectivity index (χ2n) is 4.27. The summed E-state index contributed by atoms with van der Waals surface area (Å²) in [6.07, 6.45) is -5.91. The predicted molar refractivity (Wildman–Crippen MR) is 64.1 cm³/mol. The number of ether oxygens (including phenoxy) is 1. The third-order valence-corrected chi connectivity index (χ3v) is 3.35. The molecule has 4 atom stereocenters. The molecular weight excluding hydrogens is 314 g/mol. The molecule has 0 spiro atoms. The topological polar surface area (TPSA) is 151 Å². The lowest BCUT2D eigenvalue weighted by molar-refractivity contribution is -0.0487. The summed E-state index contributed by atoms with van der Waals surface area (Å²) >= 11 is 0. The third-order valence-electron chi connectivity index (χ3n) is 2.83. The maximum Gasteiger partial charge on any atom is 0.470 e. The van der Waals surface area contributed by atoms with Gasteiger partial charge in [0, 0.05) is 12.3 Å². The number of aliphatic hydroxyl groups is 1. The molecule has 1 fully saturated rings. The van der Waals surface area contributed by atoms with Crippen molar-refractivity contribution in [2.75, 3.05) is 6.61 Å². The molecule has 0 amide bonds. The Morgan fingerprint density at radius 3 is 2.67 bits per heavy atom. The molecule has 2 rings (SSSR count). The zero-order valence-corrected chi connectivity index (χ0v) is 11.2. The molecule has 4 N–H and O–H groups in total. The molecule has 1 aromatic rings. The van der Waals surface area contributed by atoms with E-state index in [1.54, 1.807) is 0 Å².